The zero-order chi connectivity index (χ0) is 16.9. The Kier molecular flexibility index (Phi) is 5.19. The van der Waals surface area contributed by atoms with Gasteiger partial charge < -0.3 is 10.1 Å². The number of carbonyl (C=O) groups is 1. The summed E-state index contributed by atoms with van der Waals surface area (Å²) >= 11 is 0. The van der Waals surface area contributed by atoms with Gasteiger partial charge in [-0.15, -0.1) is 0 Å². The van der Waals surface area contributed by atoms with Gasteiger partial charge in [0.05, 0.1) is 12.6 Å². The summed E-state index contributed by atoms with van der Waals surface area (Å²) in [5.41, 5.74) is 4.73. The van der Waals surface area contributed by atoms with E-state index in [1.165, 1.54) is 29.5 Å². The number of aryl methyl sites for hydroxylation is 2. The van der Waals surface area contributed by atoms with Crippen LogP contribution in [-0.4, -0.2) is 12.5 Å². The van der Waals surface area contributed by atoms with Gasteiger partial charge in [0.25, 0.3) is 5.91 Å². The van der Waals surface area contributed by atoms with Crippen LogP contribution in [0.15, 0.2) is 42.5 Å². The average molecular weight is 323 g/mol. The Morgan fingerprint density at radius 3 is 2.62 bits per heavy atom. The molecule has 1 aliphatic carbocycles. The van der Waals surface area contributed by atoms with Gasteiger partial charge >= 0.3 is 0 Å². The fraction of sp³-hybridized carbons (Fsp3) is 0.381. The van der Waals surface area contributed by atoms with Crippen LogP contribution < -0.4 is 10.1 Å². The molecule has 1 atom stereocenters. The van der Waals surface area contributed by atoms with E-state index in [2.05, 4.69) is 30.4 Å². The lowest BCUT2D eigenvalue weighted by Crippen LogP contribution is -2.26. The third-order valence-electron chi connectivity index (χ3n) is 4.56. The maximum absolute atomic E-state index is 12.4. The van der Waals surface area contributed by atoms with Gasteiger partial charge in [0.2, 0.25) is 0 Å². The van der Waals surface area contributed by atoms with Gasteiger partial charge in [-0.1, -0.05) is 25.1 Å². The molecule has 0 saturated carbocycles. The third-order valence-corrected chi connectivity index (χ3v) is 4.56. The van der Waals surface area contributed by atoms with Gasteiger partial charge in [-0.25, -0.2) is 0 Å². The number of hydrogen-bond donors (Lipinski definition) is 1. The summed E-state index contributed by atoms with van der Waals surface area (Å²) < 4.78 is 5.55. The summed E-state index contributed by atoms with van der Waals surface area (Å²) in [6.45, 7) is 4.80. The minimum absolute atomic E-state index is 0.000539. The molecular weight excluding hydrogens is 298 g/mol. The van der Waals surface area contributed by atoms with E-state index in [-0.39, 0.29) is 11.9 Å². The monoisotopic (exact) mass is 323 g/mol. The zero-order valence-electron chi connectivity index (χ0n) is 14.5. The van der Waals surface area contributed by atoms with E-state index in [0.29, 0.717) is 12.2 Å². The predicted octanol–water partition coefficient (Wildman–Crippen LogP) is 4.46. The smallest absolute Gasteiger partial charge is 0.251 e. The molecule has 1 unspecified atom stereocenters. The topological polar surface area (TPSA) is 38.3 Å². The van der Waals surface area contributed by atoms with Gasteiger partial charge in [0.15, 0.2) is 0 Å². The highest BCUT2D eigenvalue weighted by Gasteiger charge is 2.15. The molecular formula is C21H25NO2. The first-order chi connectivity index (χ1) is 11.7. The van der Waals surface area contributed by atoms with E-state index in [4.69, 9.17) is 4.74 Å². The first-order valence-corrected chi connectivity index (χ1v) is 8.83. The van der Waals surface area contributed by atoms with Crippen LogP contribution in [-0.2, 0) is 12.8 Å². The molecule has 0 spiro atoms. The Balaban J connectivity index is 1.63. The van der Waals surface area contributed by atoms with Gasteiger partial charge in [0, 0.05) is 5.56 Å². The Labute approximate surface area is 144 Å². The van der Waals surface area contributed by atoms with Crippen LogP contribution in [0.2, 0.25) is 0 Å². The van der Waals surface area contributed by atoms with Gasteiger partial charge in [0.1, 0.15) is 5.75 Å². The van der Waals surface area contributed by atoms with Crippen molar-refractivity contribution < 1.29 is 9.53 Å². The minimum Gasteiger partial charge on any atom is -0.494 e. The maximum Gasteiger partial charge on any atom is 0.251 e. The van der Waals surface area contributed by atoms with Crippen molar-refractivity contribution in [2.24, 2.45) is 0 Å². The van der Waals surface area contributed by atoms with Crippen LogP contribution >= 0.6 is 0 Å². The number of nitrogens with one attached hydrogen (secondary N) is 1. The maximum atomic E-state index is 12.4. The summed E-state index contributed by atoms with van der Waals surface area (Å²) in [6.07, 6.45) is 4.55. The van der Waals surface area contributed by atoms with Crippen LogP contribution in [0, 0.1) is 0 Å². The Hall–Kier alpha value is -2.29. The molecule has 24 heavy (non-hydrogen) atoms. The van der Waals surface area contributed by atoms with Crippen molar-refractivity contribution in [3.05, 3.63) is 64.7 Å². The summed E-state index contributed by atoms with van der Waals surface area (Å²) in [5.74, 6) is 0.755. The summed E-state index contributed by atoms with van der Waals surface area (Å²) in [6, 6.07) is 13.9. The summed E-state index contributed by atoms with van der Waals surface area (Å²) in [7, 11) is 0. The fourth-order valence-electron chi connectivity index (χ4n) is 3.15. The standard InChI is InChI=1S/C21H25NO2/c1-3-13-24-20-11-9-17(10-12-20)21(23)22-15(2)18-8-7-16-5-4-6-19(16)14-18/h7-12,14-15H,3-6,13H2,1-2H3,(H,22,23). The van der Waals surface area contributed by atoms with Gasteiger partial charge in [-0.05, 0) is 73.6 Å². The van der Waals surface area contributed by atoms with Crippen molar-refractivity contribution in [1.29, 1.82) is 0 Å². The molecule has 1 amide bonds. The van der Waals surface area contributed by atoms with Crippen LogP contribution in [0.25, 0.3) is 0 Å². The average Bonchev–Trinajstić information content (AvgIpc) is 3.08. The molecule has 3 heteroatoms. The van der Waals surface area contributed by atoms with Gasteiger partial charge in [-0.2, -0.15) is 0 Å². The van der Waals surface area contributed by atoms with E-state index < -0.39 is 0 Å². The number of ether oxygens (including phenoxy) is 1. The van der Waals surface area contributed by atoms with Crippen molar-refractivity contribution in [3.8, 4) is 5.75 Å². The molecule has 0 aliphatic heterocycles. The molecule has 2 aromatic carbocycles. The molecule has 0 bridgehead atoms. The molecule has 0 heterocycles. The lowest BCUT2D eigenvalue weighted by Gasteiger charge is -2.16. The molecule has 2 aromatic rings. The highest BCUT2D eigenvalue weighted by Crippen LogP contribution is 2.25. The molecule has 1 aliphatic rings. The van der Waals surface area contributed by atoms with E-state index >= 15 is 0 Å². The molecule has 126 valence electrons. The highest BCUT2D eigenvalue weighted by atomic mass is 16.5. The Bertz CT molecular complexity index is 706. The van der Waals surface area contributed by atoms with Crippen LogP contribution in [0.5, 0.6) is 5.75 Å². The zero-order valence-corrected chi connectivity index (χ0v) is 14.5. The molecule has 3 nitrogen and oxygen atoms in total. The van der Waals surface area contributed by atoms with Crippen molar-refractivity contribution in [3.63, 3.8) is 0 Å². The second kappa shape index (κ2) is 7.52. The summed E-state index contributed by atoms with van der Waals surface area (Å²) in [4.78, 5) is 12.4. The lowest BCUT2D eigenvalue weighted by molar-refractivity contribution is 0.0940. The number of fused-ring (bicyclic) bond motifs is 1. The molecule has 0 radical (unpaired) electrons. The van der Waals surface area contributed by atoms with Crippen molar-refractivity contribution in [2.75, 3.05) is 6.61 Å². The predicted molar refractivity (Wildman–Crippen MR) is 96.6 cm³/mol. The molecule has 1 N–H and O–H groups in total. The number of amides is 1. The van der Waals surface area contributed by atoms with E-state index in [9.17, 15) is 4.79 Å². The largest absolute Gasteiger partial charge is 0.494 e. The van der Waals surface area contributed by atoms with Crippen molar-refractivity contribution in [1.82, 2.24) is 5.32 Å². The number of benzene rings is 2. The second-order valence-electron chi connectivity index (χ2n) is 6.45. The second-order valence-corrected chi connectivity index (χ2v) is 6.45. The van der Waals surface area contributed by atoms with Crippen molar-refractivity contribution in [2.45, 2.75) is 45.6 Å². The third kappa shape index (κ3) is 3.78. The minimum atomic E-state index is -0.0509. The Morgan fingerprint density at radius 1 is 1.12 bits per heavy atom. The highest BCUT2D eigenvalue weighted by molar-refractivity contribution is 5.94. The van der Waals surface area contributed by atoms with E-state index in [1.54, 1.807) is 0 Å². The molecule has 0 aromatic heterocycles. The number of hydrogen-bond acceptors (Lipinski definition) is 2. The molecule has 0 saturated heterocycles. The first-order valence-electron chi connectivity index (χ1n) is 8.83. The van der Waals surface area contributed by atoms with Crippen LogP contribution in [0.1, 0.15) is 59.8 Å². The SMILES string of the molecule is CCCOc1ccc(C(=O)NC(C)c2ccc3c(c2)CCC3)cc1. The van der Waals surface area contributed by atoms with E-state index in [0.717, 1.165) is 18.6 Å². The molecule has 3 rings (SSSR count). The quantitative estimate of drug-likeness (QED) is 0.852. The van der Waals surface area contributed by atoms with E-state index in [1.807, 2.05) is 31.2 Å². The Morgan fingerprint density at radius 2 is 1.88 bits per heavy atom. The normalized spacial score (nSPS) is 14.1. The van der Waals surface area contributed by atoms with Crippen molar-refractivity contribution >= 4 is 5.91 Å². The fourth-order valence-corrected chi connectivity index (χ4v) is 3.15. The first kappa shape index (κ1) is 16.6. The lowest BCUT2D eigenvalue weighted by atomic mass is 10.0. The van der Waals surface area contributed by atoms with Gasteiger partial charge in [-0.3, -0.25) is 4.79 Å². The number of rotatable bonds is 6. The summed E-state index contributed by atoms with van der Waals surface area (Å²) in [5, 5.41) is 3.09. The number of carbonyl (C=O) groups excluding carboxylic acids is 1. The molecule has 0 fully saturated rings. The van der Waals surface area contributed by atoms with Crippen LogP contribution in [0.4, 0.5) is 0 Å². The van der Waals surface area contributed by atoms with Crippen LogP contribution in [0.3, 0.4) is 0 Å².